The van der Waals surface area contributed by atoms with Crippen molar-refractivity contribution >= 4 is 0 Å². The number of ether oxygens (including phenoxy) is 7. The highest BCUT2D eigenvalue weighted by Crippen LogP contribution is 2.51. The molecule has 2 atom stereocenters. The molecule has 0 aliphatic carbocycles. The van der Waals surface area contributed by atoms with Crippen LogP contribution in [0.15, 0.2) is 0 Å². The van der Waals surface area contributed by atoms with E-state index in [1.54, 1.807) is 0 Å². The summed E-state index contributed by atoms with van der Waals surface area (Å²) < 4.78 is 174. The molecule has 32 heavy (non-hydrogen) atoms. The summed E-state index contributed by atoms with van der Waals surface area (Å²) in [5, 5.41) is 3.54. The minimum absolute atomic E-state index is 1.60. The van der Waals surface area contributed by atoms with Crippen LogP contribution in [0.25, 0.3) is 0 Å². The van der Waals surface area contributed by atoms with Crippen LogP contribution in [0.4, 0.5) is 52.7 Å². The second kappa shape index (κ2) is 8.52. The first-order chi connectivity index (χ1) is 14.2. The monoisotopic (exact) mass is 514 g/mol. The Morgan fingerprint density at radius 3 is 1.75 bits per heavy atom. The molecule has 0 aromatic heterocycles. The lowest BCUT2D eigenvalue weighted by Gasteiger charge is -2.29. The normalized spacial score (nSPS) is 31.9. The van der Waals surface area contributed by atoms with E-state index in [2.05, 4.69) is 48.0 Å². The molecule has 22 heteroatoms. The van der Waals surface area contributed by atoms with E-state index in [-0.39, 0.29) is 0 Å². The zero-order valence-corrected chi connectivity index (χ0v) is 14.2. The summed E-state index contributed by atoms with van der Waals surface area (Å²) in [6, 6.07) is 0. The minimum atomic E-state index is -6.07. The number of hydrogen-bond acceptors (Lipinski definition) is 10. The molecule has 2 unspecified atom stereocenters. The Morgan fingerprint density at radius 1 is 0.719 bits per heavy atom. The maximum absolute atomic E-state index is 13.4. The molecule has 10 nitrogen and oxygen atoms in total. The fraction of sp³-hybridized carbons (Fsp3) is 1.00. The molecular formula is C10H6F12O10. The SMILES string of the molecule is FC(F)(F)OC1(COOOCOC2(OC(F)(F)F)OC(F)(F)OC2(F)F)COC(F)(F)O1. The van der Waals surface area contributed by atoms with E-state index in [9.17, 15) is 52.7 Å². The predicted molar refractivity (Wildman–Crippen MR) is 57.9 cm³/mol. The van der Waals surface area contributed by atoms with Gasteiger partial charge in [0, 0.05) is 0 Å². The van der Waals surface area contributed by atoms with Crippen LogP contribution in [0.5, 0.6) is 0 Å². The molecule has 0 amide bonds. The standard InChI is InChI=1S/C10H6F12O10/c11-5(12)6(30-8(16,17)18,31-10(21,22)29-5)24-3-26-32-25-2-4(27-7(13,14)15)1-23-9(19,20)28-4/h1-3H2. The lowest BCUT2D eigenvalue weighted by Crippen LogP contribution is -2.53. The molecule has 2 aliphatic rings. The van der Waals surface area contributed by atoms with E-state index in [1.807, 2.05) is 0 Å². The zero-order chi connectivity index (χ0) is 24.7. The van der Waals surface area contributed by atoms with Crippen molar-refractivity contribution in [2.24, 2.45) is 0 Å². The van der Waals surface area contributed by atoms with Crippen LogP contribution in [0.1, 0.15) is 0 Å². The van der Waals surface area contributed by atoms with Crippen molar-refractivity contribution in [1.82, 2.24) is 0 Å². The quantitative estimate of drug-likeness (QED) is 0.150. The third kappa shape index (κ3) is 7.13. The van der Waals surface area contributed by atoms with Gasteiger partial charge in [0.2, 0.25) is 5.79 Å². The Kier molecular flexibility index (Phi) is 7.19. The van der Waals surface area contributed by atoms with Crippen LogP contribution in [0.2, 0.25) is 0 Å². The first-order valence-electron chi connectivity index (χ1n) is 7.16. The van der Waals surface area contributed by atoms with E-state index in [1.165, 1.54) is 0 Å². The van der Waals surface area contributed by atoms with Crippen LogP contribution in [-0.2, 0) is 48.0 Å². The van der Waals surface area contributed by atoms with Crippen LogP contribution < -0.4 is 0 Å². The van der Waals surface area contributed by atoms with Gasteiger partial charge in [-0.3, -0.25) is 18.9 Å². The third-order valence-corrected chi connectivity index (χ3v) is 2.85. The molecule has 0 radical (unpaired) electrons. The van der Waals surface area contributed by atoms with Gasteiger partial charge in [0.05, 0.1) is 0 Å². The average molecular weight is 514 g/mol. The van der Waals surface area contributed by atoms with Gasteiger partial charge in [-0.1, -0.05) is 5.04 Å². The van der Waals surface area contributed by atoms with Crippen molar-refractivity contribution in [3.63, 3.8) is 0 Å². The average Bonchev–Trinajstić information content (AvgIpc) is 2.89. The Bertz CT molecular complexity index is 655. The molecule has 0 bridgehead atoms. The molecule has 2 saturated heterocycles. The molecule has 0 N–H and O–H groups in total. The van der Waals surface area contributed by atoms with Crippen molar-refractivity contribution in [2.45, 2.75) is 43.2 Å². The number of alkyl halides is 12. The molecule has 190 valence electrons. The zero-order valence-electron chi connectivity index (χ0n) is 14.2. The lowest BCUT2D eigenvalue weighted by molar-refractivity contribution is -0.582. The number of rotatable bonds is 9. The van der Waals surface area contributed by atoms with Gasteiger partial charge < -0.3 is 0 Å². The number of hydrogen-bond donors (Lipinski definition) is 0. The molecule has 2 aliphatic heterocycles. The Balaban J connectivity index is 1.92. The van der Waals surface area contributed by atoms with Crippen molar-refractivity contribution in [3.8, 4) is 0 Å². The minimum Gasteiger partial charge on any atom is -0.290 e. The molecule has 0 spiro atoms. The highest BCUT2D eigenvalue weighted by Gasteiger charge is 2.77. The second-order valence-electron chi connectivity index (χ2n) is 5.31. The highest BCUT2D eigenvalue weighted by molar-refractivity contribution is 4.78. The van der Waals surface area contributed by atoms with Gasteiger partial charge in [-0.2, -0.15) is 13.7 Å². The van der Waals surface area contributed by atoms with Gasteiger partial charge in [0.15, 0.2) is 6.79 Å². The van der Waals surface area contributed by atoms with Gasteiger partial charge in [-0.25, -0.2) is 19.1 Å². The summed E-state index contributed by atoms with van der Waals surface area (Å²) in [7, 11) is 0. The molecule has 2 heterocycles. The summed E-state index contributed by atoms with van der Waals surface area (Å²) in [4.78, 5) is 7.47. The summed E-state index contributed by atoms with van der Waals surface area (Å²) >= 11 is 0. The second-order valence-corrected chi connectivity index (χ2v) is 5.31. The van der Waals surface area contributed by atoms with Crippen LogP contribution >= 0.6 is 0 Å². The van der Waals surface area contributed by atoms with Gasteiger partial charge >= 0.3 is 37.4 Å². The molecular weight excluding hydrogens is 508 g/mol. The Hall–Kier alpha value is -1.24. The molecule has 2 fully saturated rings. The lowest BCUT2D eigenvalue weighted by atomic mass is 10.3. The summed E-state index contributed by atoms with van der Waals surface area (Å²) in [5.41, 5.74) is 0. The fourth-order valence-electron chi connectivity index (χ4n) is 1.92. The van der Waals surface area contributed by atoms with Crippen LogP contribution in [0.3, 0.4) is 0 Å². The van der Waals surface area contributed by atoms with E-state index in [0.717, 1.165) is 0 Å². The topological polar surface area (TPSA) is 92.3 Å². The molecule has 0 aromatic carbocycles. The first kappa shape index (κ1) is 27.0. The largest absolute Gasteiger partial charge is 0.527 e. The van der Waals surface area contributed by atoms with Crippen molar-refractivity contribution in [1.29, 1.82) is 0 Å². The Labute approximate surface area is 165 Å². The highest BCUT2D eigenvalue weighted by atomic mass is 19.4. The third-order valence-electron chi connectivity index (χ3n) is 2.85. The van der Waals surface area contributed by atoms with Crippen LogP contribution in [-0.4, -0.2) is 63.2 Å². The van der Waals surface area contributed by atoms with E-state index in [4.69, 9.17) is 0 Å². The maximum atomic E-state index is 13.4. The predicted octanol–water partition coefficient (Wildman–Crippen LogP) is 3.05. The van der Waals surface area contributed by atoms with Crippen molar-refractivity contribution in [3.05, 3.63) is 0 Å². The Morgan fingerprint density at radius 2 is 1.31 bits per heavy atom. The van der Waals surface area contributed by atoms with Gasteiger partial charge in [-0.05, 0) is 0 Å². The first-order valence-corrected chi connectivity index (χ1v) is 7.16. The van der Waals surface area contributed by atoms with Gasteiger partial charge in [-0.15, -0.1) is 43.9 Å². The summed E-state index contributed by atoms with van der Waals surface area (Å²) in [6.07, 6.45) is -27.2. The number of halogens is 12. The maximum Gasteiger partial charge on any atom is 0.527 e. The van der Waals surface area contributed by atoms with Crippen LogP contribution in [0, 0.1) is 0 Å². The fourth-order valence-corrected chi connectivity index (χ4v) is 1.92. The van der Waals surface area contributed by atoms with E-state index >= 15 is 0 Å². The molecule has 2 rings (SSSR count). The van der Waals surface area contributed by atoms with E-state index < -0.39 is 63.2 Å². The smallest absolute Gasteiger partial charge is 0.290 e. The van der Waals surface area contributed by atoms with Gasteiger partial charge in [0.25, 0.3) is 0 Å². The van der Waals surface area contributed by atoms with Crippen molar-refractivity contribution in [2.75, 3.05) is 20.0 Å². The summed E-state index contributed by atoms with van der Waals surface area (Å²) in [6.45, 7) is -5.37. The van der Waals surface area contributed by atoms with Gasteiger partial charge in [0.1, 0.15) is 13.2 Å². The molecule has 0 aromatic rings. The van der Waals surface area contributed by atoms with Crippen molar-refractivity contribution < 1.29 is 101 Å². The van der Waals surface area contributed by atoms with E-state index in [0.29, 0.717) is 0 Å². The molecule has 0 saturated carbocycles. The summed E-state index contributed by atoms with van der Waals surface area (Å²) in [5.74, 6) is -8.37.